The van der Waals surface area contributed by atoms with Gasteiger partial charge in [-0.2, -0.15) is 0 Å². The third-order valence-corrected chi connectivity index (χ3v) is 1.97. The standard InChI is InChI=1S/C9H12ClN3O/c1-2-3-12-9(14)6-4-7(10)8(11)13-5-6/h4-5H,2-3H2,1H3,(H2,11,13)(H,12,14). The lowest BCUT2D eigenvalue weighted by Crippen LogP contribution is -2.24. The number of amides is 1. The number of aromatic nitrogens is 1. The molecule has 3 N–H and O–H groups in total. The highest BCUT2D eigenvalue weighted by molar-refractivity contribution is 6.33. The number of carbonyl (C=O) groups excluding carboxylic acids is 1. The van der Waals surface area contributed by atoms with E-state index in [1.165, 1.54) is 12.3 Å². The fourth-order valence-electron chi connectivity index (χ4n) is 0.913. The molecule has 0 aliphatic rings. The Morgan fingerprint density at radius 3 is 3.00 bits per heavy atom. The van der Waals surface area contributed by atoms with Gasteiger partial charge in [-0.05, 0) is 12.5 Å². The largest absolute Gasteiger partial charge is 0.382 e. The molecule has 0 bridgehead atoms. The first-order valence-corrected chi connectivity index (χ1v) is 4.72. The van der Waals surface area contributed by atoms with Crippen LogP contribution in [0.1, 0.15) is 23.7 Å². The molecule has 0 atom stereocenters. The van der Waals surface area contributed by atoms with E-state index in [0.29, 0.717) is 17.1 Å². The average molecular weight is 214 g/mol. The van der Waals surface area contributed by atoms with E-state index in [9.17, 15) is 4.79 Å². The molecule has 0 aromatic carbocycles. The van der Waals surface area contributed by atoms with Crippen LogP contribution < -0.4 is 11.1 Å². The normalized spacial score (nSPS) is 9.86. The summed E-state index contributed by atoms with van der Waals surface area (Å²) in [6.07, 6.45) is 2.30. The number of nitrogens with one attached hydrogen (secondary N) is 1. The maximum Gasteiger partial charge on any atom is 0.252 e. The average Bonchev–Trinajstić information content (AvgIpc) is 2.18. The van der Waals surface area contributed by atoms with Crippen molar-refractivity contribution in [3.05, 3.63) is 22.8 Å². The van der Waals surface area contributed by atoms with E-state index >= 15 is 0 Å². The summed E-state index contributed by atoms with van der Waals surface area (Å²) in [6, 6.07) is 1.51. The minimum atomic E-state index is -0.179. The van der Waals surface area contributed by atoms with Crippen molar-refractivity contribution in [2.24, 2.45) is 0 Å². The van der Waals surface area contributed by atoms with Crippen LogP contribution >= 0.6 is 11.6 Å². The van der Waals surface area contributed by atoms with Crippen molar-refractivity contribution < 1.29 is 4.79 Å². The summed E-state index contributed by atoms with van der Waals surface area (Å²) in [5, 5.41) is 3.02. The van der Waals surface area contributed by atoms with Crippen molar-refractivity contribution in [1.82, 2.24) is 10.3 Å². The van der Waals surface area contributed by atoms with Crippen molar-refractivity contribution in [1.29, 1.82) is 0 Å². The van der Waals surface area contributed by atoms with Gasteiger partial charge in [0.2, 0.25) is 0 Å². The predicted molar refractivity (Wildman–Crippen MR) is 56.3 cm³/mol. The van der Waals surface area contributed by atoms with Gasteiger partial charge in [0.15, 0.2) is 0 Å². The zero-order valence-electron chi connectivity index (χ0n) is 7.88. The van der Waals surface area contributed by atoms with Gasteiger partial charge in [-0.3, -0.25) is 4.79 Å². The molecule has 1 aromatic rings. The second kappa shape index (κ2) is 4.81. The van der Waals surface area contributed by atoms with E-state index in [-0.39, 0.29) is 11.7 Å². The van der Waals surface area contributed by atoms with Crippen LogP contribution in [-0.2, 0) is 0 Å². The first-order chi connectivity index (χ1) is 6.65. The molecule has 5 heteroatoms. The third kappa shape index (κ3) is 2.60. The second-order valence-electron chi connectivity index (χ2n) is 2.85. The highest BCUT2D eigenvalue weighted by atomic mass is 35.5. The molecule has 0 aliphatic heterocycles. The number of rotatable bonds is 3. The Morgan fingerprint density at radius 2 is 2.43 bits per heavy atom. The molecule has 0 saturated heterocycles. The van der Waals surface area contributed by atoms with Gasteiger partial charge in [0, 0.05) is 12.7 Å². The fraction of sp³-hybridized carbons (Fsp3) is 0.333. The van der Waals surface area contributed by atoms with Crippen molar-refractivity contribution >= 4 is 23.3 Å². The smallest absolute Gasteiger partial charge is 0.252 e. The lowest BCUT2D eigenvalue weighted by Gasteiger charge is -2.04. The zero-order valence-corrected chi connectivity index (χ0v) is 8.64. The first kappa shape index (κ1) is 10.8. The summed E-state index contributed by atoms with van der Waals surface area (Å²) >= 11 is 5.72. The van der Waals surface area contributed by atoms with Crippen molar-refractivity contribution in [2.45, 2.75) is 13.3 Å². The second-order valence-corrected chi connectivity index (χ2v) is 3.25. The van der Waals surface area contributed by atoms with Crippen LogP contribution in [0, 0.1) is 0 Å². The highest BCUT2D eigenvalue weighted by Gasteiger charge is 2.07. The summed E-state index contributed by atoms with van der Waals surface area (Å²) in [4.78, 5) is 15.2. The number of hydrogen-bond donors (Lipinski definition) is 2. The quantitative estimate of drug-likeness (QED) is 0.799. The van der Waals surface area contributed by atoms with E-state index in [0.717, 1.165) is 6.42 Å². The summed E-state index contributed by atoms with van der Waals surface area (Å²) in [5.74, 6) is 0.0555. The Morgan fingerprint density at radius 1 is 1.71 bits per heavy atom. The number of carbonyl (C=O) groups is 1. The Bertz CT molecular complexity index is 341. The van der Waals surface area contributed by atoms with E-state index < -0.39 is 0 Å². The molecule has 0 unspecified atom stereocenters. The monoisotopic (exact) mass is 213 g/mol. The van der Waals surface area contributed by atoms with Crippen molar-refractivity contribution in [2.75, 3.05) is 12.3 Å². The molecule has 1 heterocycles. The third-order valence-electron chi connectivity index (χ3n) is 1.67. The number of anilines is 1. The number of nitrogens with two attached hydrogens (primary N) is 1. The SMILES string of the molecule is CCCNC(=O)c1cnc(N)c(Cl)c1. The zero-order chi connectivity index (χ0) is 10.6. The minimum Gasteiger partial charge on any atom is -0.382 e. The van der Waals surface area contributed by atoms with Gasteiger partial charge in [-0.1, -0.05) is 18.5 Å². The van der Waals surface area contributed by atoms with E-state index in [1.54, 1.807) is 0 Å². The maximum atomic E-state index is 11.4. The van der Waals surface area contributed by atoms with Crippen molar-refractivity contribution in [3.8, 4) is 0 Å². The van der Waals surface area contributed by atoms with Gasteiger partial charge in [0.05, 0.1) is 10.6 Å². The summed E-state index contributed by atoms with van der Waals surface area (Å²) in [6.45, 7) is 2.62. The number of nitrogens with zero attached hydrogens (tertiary/aromatic N) is 1. The van der Waals surface area contributed by atoms with Gasteiger partial charge < -0.3 is 11.1 Å². The van der Waals surface area contributed by atoms with Gasteiger partial charge in [0.25, 0.3) is 5.91 Å². The van der Waals surface area contributed by atoms with Crippen LogP contribution in [0.5, 0.6) is 0 Å². The van der Waals surface area contributed by atoms with E-state index in [4.69, 9.17) is 17.3 Å². The van der Waals surface area contributed by atoms with E-state index in [1.807, 2.05) is 6.92 Å². The molecule has 1 aromatic heterocycles. The highest BCUT2D eigenvalue weighted by Crippen LogP contribution is 2.16. The first-order valence-electron chi connectivity index (χ1n) is 4.34. The lowest BCUT2D eigenvalue weighted by atomic mass is 10.2. The Labute approximate surface area is 87.5 Å². The summed E-state index contributed by atoms with van der Waals surface area (Å²) in [7, 11) is 0. The summed E-state index contributed by atoms with van der Waals surface area (Å²) in [5.41, 5.74) is 5.84. The number of halogens is 1. The topological polar surface area (TPSA) is 68.0 Å². The molecule has 0 radical (unpaired) electrons. The lowest BCUT2D eigenvalue weighted by molar-refractivity contribution is 0.0953. The van der Waals surface area contributed by atoms with Crippen molar-refractivity contribution in [3.63, 3.8) is 0 Å². The molecule has 0 fully saturated rings. The Balaban J connectivity index is 2.76. The molecule has 1 amide bonds. The predicted octanol–water partition coefficient (Wildman–Crippen LogP) is 1.46. The van der Waals surface area contributed by atoms with Crippen LogP contribution in [0.25, 0.3) is 0 Å². The fourth-order valence-corrected chi connectivity index (χ4v) is 1.08. The van der Waals surface area contributed by atoms with Crippen LogP contribution in [0.2, 0.25) is 5.02 Å². The minimum absolute atomic E-state index is 0.179. The van der Waals surface area contributed by atoms with Crippen LogP contribution in [-0.4, -0.2) is 17.4 Å². The van der Waals surface area contributed by atoms with Crippen LogP contribution in [0.15, 0.2) is 12.3 Å². The number of hydrogen-bond acceptors (Lipinski definition) is 3. The molecule has 76 valence electrons. The van der Waals surface area contributed by atoms with Crippen LogP contribution in [0.4, 0.5) is 5.82 Å². The van der Waals surface area contributed by atoms with E-state index in [2.05, 4.69) is 10.3 Å². The Hall–Kier alpha value is -1.29. The molecular weight excluding hydrogens is 202 g/mol. The molecule has 0 saturated carbocycles. The van der Waals surface area contributed by atoms with Gasteiger partial charge in [-0.15, -0.1) is 0 Å². The molecule has 14 heavy (non-hydrogen) atoms. The number of pyridine rings is 1. The van der Waals surface area contributed by atoms with Crippen LogP contribution in [0.3, 0.4) is 0 Å². The molecule has 1 rings (SSSR count). The van der Waals surface area contributed by atoms with Gasteiger partial charge in [0.1, 0.15) is 5.82 Å². The number of nitrogen functional groups attached to an aromatic ring is 1. The van der Waals surface area contributed by atoms with Gasteiger partial charge >= 0.3 is 0 Å². The molecule has 0 spiro atoms. The summed E-state index contributed by atoms with van der Waals surface area (Å²) < 4.78 is 0. The van der Waals surface area contributed by atoms with Gasteiger partial charge in [-0.25, -0.2) is 4.98 Å². The molecule has 4 nitrogen and oxygen atoms in total. The Kier molecular flexibility index (Phi) is 3.71. The molecular formula is C9H12ClN3O. The molecule has 0 aliphatic carbocycles. The maximum absolute atomic E-state index is 11.4.